The molecule has 2 fully saturated rings. The lowest BCUT2D eigenvalue weighted by molar-refractivity contribution is 0.0359. The molecule has 1 atom stereocenters. The molecule has 2 saturated heterocycles. The predicted octanol–water partition coefficient (Wildman–Crippen LogP) is -0.121. The molecule has 0 aromatic carbocycles. The number of nitrogens with zero attached hydrogens (tertiary/aromatic N) is 3. The predicted molar refractivity (Wildman–Crippen MR) is 84.7 cm³/mol. The molecule has 0 radical (unpaired) electrons. The van der Waals surface area contributed by atoms with Crippen LogP contribution in [0.3, 0.4) is 0 Å². The third kappa shape index (κ3) is 4.82. The van der Waals surface area contributed by atoms with E-state index in [9.17, 15) is 13.2 Å². The van der Waals surface area contributed by atoms with Crippen LogP contribution in [0, 0.1) is 0 Å². The lowest BCUT2D eigenvalue weighted by atomic mass is 10.2. The number of ether oxygens (including phenoxy) is 1. The van der Waals surface area contributed by atoms with Gasteiger partial charge in [0, 0.05) is 46.3 Å². The summed E-state index contributed by atoms with van der Waals surface area (Å²) in [5, 5.41) is 0. The summed E-state index contributed by atoms with van der Waals surface area (Å²) in [6.45, 7) is 4.91. The average molecular weight is 333 g/mol. The summed E-state index contributed by atoms with van der Waals surface area (Å²) in [6.07, 6.45) is 1.41. The maximum atomic E-state index is 12.3. The summed E-state index contributed by atoms with van der Waals surface area (Å²) >= 11 is 0. The zero-order valence-electron chi connectivity index (χ0n) is 13.5. The van der Waals surface area contributed by atoms with Crippen LogP contribution in [0.15, 0.2) is 0 Å². The Hall–Kier alpha value is -0.860. The van der Waals surface area contributed by atoms with E-state index in [0.717, 1.165) is 39.3 Å². The minimum absolute atomic E-state index is 0.0934. The van der Waals surface area contributed by atoms with Gasteiger partial charge in [-0.2, -0.15) is 0 Å². The van der Waals surface area contributed by atoms with Gasteiger partial charge in [0.25, 0.3) is 0 Å². The van der Waals surface area contributed by atoms with Crippen molar-refractivity contribution in [3.63, 3.8) is 0 Å². The van der Waals surface area contributed by atoms with Crippen molar-refractivity contribution in [1.82, 2.24) is 14.7 Å². The largest absolute Gasteiger partial charge is 0.379 e. The van der Waals surface area contributed by atoms with Crippen molar-refractivity contribution < 1.29 is 17.9 Å². The molecule has 0 aliphatic carbocycles. The van der Waals surface area contributed by atoms with Crippen molar-refractivity contribution in [3.8, 4) is 0 Å². The van der Waals surface area contributed by atoms with E-state index in [1.165, 1.54) is 4.90 Å². The molecule has 0 aromatic heterocycles. The fraction of sp³-hybridized carbons (Fsp3) is 0.929. The van der Waals surface area contributed by atoms with Gasteiger partial charge in [-0.1, -0.05) is 0 Å². The van der Waals surface area contributed by atoms with Gasteiger partial charge in [0.15, 0.2) is 9.84 Å². The minimum Gasteiger partial charge on any atom is -0.379 e. The van der Waals surface area contributed by atoms with Gasteiger partial charge in [0.1, 0.15) is 0 Å². The summed E-state index contributed by atoms with van der Waals surface area (Å²) in [4.78, 5) is 17.9. The molecule has 7 nitrogen and oxygen atoms in total. The molecule has 22 heavy (non-hydrogen) atoms. The van der Waals surface area contributed by atoms with E-state index in [-0.39, 0.29) is 23.6 Å². The number of urea groups is 1. The summed E-state index contributed by atoms with van der Waals surface area (Å²) in [5.74, 6) is 0.294. The van der Waals surface area contributed by atoms with Gasteiger partial charge in [0.05, 0.1) is 24.7 Å². The quantitative estimate of drug-likeness (QED) is 0.701. The number of morpholine rings is 1. The van der Waals surface area contributed by atoms with E-state index in [0.29, 0.717) is 13.0 Å². The Balaban J connectivity index is 1.89. The Morgan fingerprint density at radius 3 is 2.50 bits per heavy atom. The zero-order valence-corrected chi connectivity index (χ0v) is 14.3. The molecule has 2 heterocycles. The van der Waals surface area contributed by atoms with Crippen molar-refractivity contribution in [3.05, 3.63) is 0 Å². The van der Waals surface area contributed by atoms with Crippen LogP contribution in [0.4, 0.5) is 4.79 Å². The summed E-state index contributed by atoms with van der Waals surface area (Å²) < 4.78 is 28.7. The van der Waals surface area contributed by atoms with Gasteiger partial charge < -0.3 is 14.5 Å². The summed E-state index contributed by atoms with van der Waals surface area (Å²) in [6, 6.07) is -0.270. The SMILES string of the molecule is CN(C)C(=O)N(CCCN1CCOCC1)[C@@H]1CCS(=O)(=O)C1. The van der Waals surface area contributed by atoms with Crippen LogP contribution in [0.5, 0.6) is 0 Å². The molecule has 0 bridgehead atoms. The molecule has 2 aliphatic heterocycles. The van der Waals surface area contributed by atoms with Gasteiger partial charge >= 0.3 is 6.03 Å². The third-order valence-electron chi connectivity index (χ3n) is 4.25. The van der Waals surface area contributed by atoms with E-state index in [2.05, 4.69) is 4.90 Å². The first-order valence-corrected chi connectivity index (χ1v) is 9.69. The Kier molecular flexibility index (Phi) is 6.05. The highest BCUT2D eigenvalue weighted by atomic mass is 32.2. The van der Waals surface area contributed by atoms with Crippen LogP contribution in [-0.4, -0.2) is 100 Å². The van der Waals surface area contributed by atoms with Gasteiger partial charge in [-0.05, 0) is 12.8 Å². The number of carbonyl (C=O) groups is 1. The van der Waals surface area contributed by atoms with Crippen LogP contribution < -0.4 is 0 Å². The average Bonchev–Trinajstić information content (AvgIpc) is 2.84. The second-order valence-corrected chi connectivity index (χ2v) is 8.46. The maximum Gasteiger partial charge on any atom is 0.319 e. The highest BCUT2D eigenvalue weighted by molar-refractivity contribution is 7.91. The topological polar surface area (TPSA) is 70.2 Å². The van der Waals surface area contributed by atoms with Crippen molar-refractivity contribution in [2.75, 3.05) is 65.0 Å². The first-order valence-electron chi connectivity index (χ1n) is 7.87. The first-order chi connectivity index (χ1) is 10.4. The molecule has 0 unspecified atom stereocenters. The van der Waals surface area contributed by atoms with Crippen molar-refractivity contribution >= 4 is 15.9 Å². The fourth-order valence-electron chi connectivity index (χ4n) is 3.00. The number of rotatable bonds is 5. The molecule has 128 valence electrons. The number of carbonyl (C=O) groups excluding carboxylic acids is 1. The second kappa shape index (κ2) is 7.61. The molecule has 0 N–H and O–H groups in total. The van der Waals surface area contributed by atoms with Gasteiger partial charge in [0.2, 0.25) is 0 Å². The number of hydrogen-bond acceptors (Lipinski definition) is 5. The van der Waals surface area contributed by atoms with Crippen LogP contribution in [0.2, 0.25) is 0 Å². The van der Waals surface area contributed by atoms with Crippen LogP contribution >= 0.6 is 0 Å². The highest BCUT2D eigenvalue weighted by Gasteiger charge is 2.35. The molecule has 0 aromatic rings. The van der Waals surface area contributed by atoms with Crippen LogP contribution in [0.25, 0.3) is 0 Å². The molecule has 8 heteroatoms. The molecule has 0 saturated carbocycles. The lowest BCUT2D eigenvalue weighted by Crippen LogP contribution is -2.47. The molecular weight excluding hydrogens is 306 g/mol. The molecule has 0 spiro atoms. The Labute approximate surface area is 133 Å². The van der Waals surface area contributed by atoms with Crippen molar-refractivity contribution in [2.45, 2.75) is 18.9 Å². The smallest absolute Gasteiger partial charge is 0.319 e. The van der Waals surface area contributed by atoms with Crippen LogP contribution in [0.1, 0.15) is 12.8 Å². The molecule has 2 rings (SSSR count). The van der Waals surface area contributed by atoms with Crippen molar-refractivity contribution in [2.24, 2.45) is 0 Å². The van der Waals surface area contributed by atoms with Gasteiger partial charge in [-0.3, -0.25) is 4.90 Å². The lowest BCUT2D eigenvalue weighted by Gasteiger charge is -2.32. The minimum atomic E-state index is -2.98. The van der Waals surface area contributed by atoms with E-state index in [1.54, 1.807) is 19.0 Å². The normalized spacial score (nSPS) is 25.1. The first kappa shape index (κ1) is 17.5. The van der Waals surface area contributed by atoms with Crippen LogP contribution in [-0.2, 0) is 14.6 Å². The van der Waals surface area contributed by atoms with E-state index in [1.807, 2.05) is 0 Å². The Bertz CT molecular complexity index is 474. The summed E-state index contributed by atoms with van der Waals surface area (Å²) in [5.41, 5.74) is 0. The Morgan fingerprint density at radius 2 is 1.95 bits per heavy atom. The Morgan fingerprint density at radius 1 is 1.27 bits per heavy atom. The number of amides is 2. The number of sulfone groups is 1. The van der Waals surface area contributed by atoms with Crippen molar-refractivity contribution in [1.29, 1.82) is 0 Å². The zero-order chi connectivity index (χ0) is 16.2. The monoisotopic (exact) mass is 333 g/mol. The van der Waals surface area contributed by atoms with Gasteiger partial charge in [-0.15, -0.1) is 0 Å². The molecule has 2 amide bonds. The van der Waals surface area contributed by atoms with E-state index < -0.39 is 9.84 Å². The van der Waals surface area contributed by atoms with Gasteiger partial charge in [-0.25, -0.2) is 13.2 Å². The molecular formula is C14H27N3O4S. The highest BCUT2D eigenvalue weighted by Crippen LogP contribution is 2.19. The maximum absolute atomic E-state index is 12.3. The second-order valence-electron chi connectivity index (χ2n) is 6.23. The summed E-state index contributed by atoms with van der Waals surface area (Å²) in [7, 11) is 0.434. The number of hydrogen-bond donors (Lipinski definition) is 0. The van der Waals surface area contributed by atoms with E-state index in [4.69, 9.17) is 4.74 Å². The fourth-order valence-corrected chi connectivity index (χ4v) is 4.73. The van der Waals surface area contributed by atoms with E-state index >= 15 is 0 Å². The third-order valence-corrected chi connectivity index (χ3v) is 6.00. The molecule has 2 aliphatic rings. The standard InChI is InChI=1S/C14H27N3O4S/c1-15(2)14(18)17(13-4-11-22(19,20)12-13)6-3-5-16-7-9-21-10-8-16/h13H,3-12H2,1-2H3/t13-/m1/s1.